The van der Waals surface area contributed by atoms with Crippen molar-refractivity contribution in [3.8, 4) is 0 Å². The monoisotopic (exact) mass is 472 g/mol. The smallest absolute Gasteiger partial charge is 0.0646 e. The molecule has 0 saturated carbocycles. The molecule has 2 aromatic carbocycles. The van der Waals surface area contributed by atoms with Crippen LogP contribution in [0.25, 0.3) is 23.3 Å². The lowest BCUT2D eigenvalue weighted by Gasteiger charge is -2.40. The van der Waals surface area contributed by atoms with Crippen molar-refractivity contribution in [1.29, 1.82) is 0 Å². The first-order valence-corrected chi connectivity index (χ1v) is 10.6. The van der Waals surface area contributed by atoms with Gasteiger partial charge in [-0.1, -0.05) is 82.7 Å². The summed E-state index contributed by atoms with van der Waals surface area (Å²) in [6.07, 6.45) is 13.8. The molecule has 1 atom stereocenters. The summed E-state index contributed by atoms with van der Waals surface area (Å²) in [7, 11) is 0. The minimum Gasteiger partial charge on any atom is -0.0646 e. The summed E-state index contributed by atoms with van der Waals surface area (Å²) in [6, 6.07) is 17.3. The molecular weight excluding hydrogens is 460 g/mol. The van der Waals surface area contributed by atoms with E-state index in [0.29, 0.717) is 0 Å². The fourth-order valence-electron chi connectivity index (χ4n) is 4.78. The van der Waals surface area contributed by atoms with Gasteiger partial charge in [0.1, 0.15) is 0 Å². The number of halogens is 2. The van der Waals surface area contributed by atoms with Gasteiger partial charge in [0.05, 0.1) is 5.41 Å². The van der Waals surface area contributed by atoms with Crippen LogP contribution < -0.4 is 0 Å². The van der Waals surface area contributed by atoms with Crippen LogP contribution in [0.2, 0.25) is 0 Å². The van der Waals surface area contributed by atoms with Gasteiger partial charge in [-0.2, -0.15) is 0 Å². The lowest BCUT2D eigenvalue weighted by Crippen LogP contribution is -2.28. The fraction of sp³-hybridized carbons (Fsp3) is 0.0400. The highest BCUT2D eigenvalue weighted by molar-refractivity contribution is 9.14. The van der Waals surface area contributed by atoms with E-state index in [2.05, 4.69) is 117 Å². The SMILES string of the molecule is BrC1=C(Br)C2(C=CC=C3C2=Cc2ccccc23)C2=Cc3ccccc3C2=C1. The maximum atomic E-state index is 3.96. The molecule has 6 rings (SSSR count). The molecule has 0 heterocycles. The van der Waals surface area contributed by atoms with Crippen molar-refractivity contribution in [2.75, 3.05) is 0 Å². The second kappa shape index (κ2) is 5.43. The van der Waals surface area contributed by atoms with E-state index in [9.17, 15) is 0 Å². The Morgan fingerprint density at radius 3 is 1.96 bits per heavy atom. The Morgan fingerprint density at radius 2 is 1.26 bits per heavy atom. The number of benzene rings is 2. The van der Waals surface area contributed by atoms with Gasteiger partial charge in [0, 0.05) is 8.96 Å². The maximum Gasteiger partial charge on any atom is 0.0724 e. The highest BCUT2D eigenvalue weighted by Gasteiger charge is 2.48. The van der Waals surface area contributed by atoms with Crippen LogP contribution in [0.4, 0.5) is 0 Å². The van der Waals surface area contributed by atoms with E-state index < -0.39 is 0 Å². The van der Waals surface area contributed by atoms with Crippen LogP contribution in [0, 0.1) is 5.41 Å². The molecule has 1 unspecified atom stereocenters. The van der Waals surface area contributed by atoms with E-state index in [1.54, 1.807) is 0 Å². The molecule has 128 valence electrons. The van der Waals surface area contributed by atoms with Crippen LogP contribution >= 0.6 is 31.9 Å². The molecule has 0 nitrogen and oxygen atoms in total. The van der Waals surface area contributed by atoms with Crippen molar-refractivity contribution < 1.29 is 0 Å². The van der Waals surface area contributed by atoms with Crippen LogP contribution in [-0.4, -0.2) is 0 Å². The van der Waals surface area contributed by atoms with Crippen molar-refractivity contribution in [2.24, 2.45) is 5.41 Å². The third kappa shape index (κ3) is 1.93. The molecule has 0 radical (unpaired) electrons. The Kier molecular flexibility index (Phi) is 3.19. The van der Waals surface area contributed by atoms with Crippen LogP contribution in [0.15, 0.2) is 92.9 Å². The molecule has 0 bridgehead atoms. The molecule has 0 fully saturated rings. The van der Waals surface area contributed by atoms with Gasteiger partial charge in [-0.3, -0.25) is 0 Å². The summed E-state index contributed by atoms with van der Waals surface area (Å²) in [4.78, 5) is 0. The number of rotatable bonds is 0. The average molecular weight is 474 g/mol. The highest BCUT2D eigenvalue weighted by atomic mass is 79.9. The molecule has 4 aliphatic rings. The molecule has 0 aromatic heterocycles. The predicted molar refractivity (Wildman–Crippen MR) is 121 cm³/mol. The zero-order chi connectivity index (χ0) is 18.2. The van der Waals surface area contributed by atoms with Crippen LogP contribution in [0.1, 0.15) is 22.3 Å². The molecule has 2 aromatic rings. The van der Waals surface area contributed by atoms with Gasteiger partial charge in [-0.05, 0) is 78.7 Å². The Bertz CT molecular complexity index is 1220. The van der Waals surface area contributed by atoms with Crippen molar-refractivity contribution in [3.05, 3.63) is 115 Å². The highest BCUT2D eigenvalue weighted by Crippen LogP contribution is 2.64. The van der Waals surface area contributed by atoms with E-state index in [0.717, 1.165) is 4.48 Å². The van der Waals surface area contributed by atoms with Gasteiger partial charge in [-0.25, -0.2) is 0 Å². The first kappa shape index (κ1) is 15.9. The van der Waals surface area contributed by atoms with Crippen LogP contribution in [-0.2, 0) is 0 Å². The normalized spacial score (nSPS) is 23.9. The molecule has 0 saturated heterocycles. The third-order valence-corrected chi connectivity index (χ3v) is 8.18. The molecule has 27 heavy (non-hydrogen) atoms. The predicted octanol–water partition coefficient (Wildman–Crippen LogP) is 7.52. The van der Waals surface area contributed by atoms with E-state index in [-0.39, 0.29) is 5.41 Å². The summed E-state index contributed by atoms with van der Waals surface area (Å²) in [5.74, 6) is 0. The molecule has 0 aliphatic heterocycles. The summed E-state index contributed by atoms with van der Waals surface area (Å²) in [5.41, 5.74) is 10.2. The minimum absolute atomic E-state index is 0.301. The average Bonchev–Trinajstić information content (AvgIpc) is 3.26. The fourth-order valence-corrected chi connectivity index (χ4v) is 6.00. The topological polar surface area (TPSA) is 0 Å². The minimum atomic E-state index is -0.301. The lowest BCUT2D eigenvalue weighted by atomic mass is 9.65. The second-order valence-corrected chi connectivity index (χ2v) is 8.91. The molecule has 2 heteroatoms. The van der Waals surface area contributed by atoms with E-state index in [4.69, 9.17) is 0 Å². The Balaban J connectivity index is 1.66. The zero-order valence-corrected chi connectivity index (χ0v) is 17.5. The first-order chi connectivity index (χ1) is 13.2. The summed E-state index contributed by atoms with van der Waals surface area (Å²) in [6.45, 7) is 0. The zero-order valence-electron chi connectivity index (χ0n) is 14.3. The van der Waals surface area contributed by atoms with Crippen molar-refractivity contribution >= 4 is 55.2 Å². The van der Waals surface area contributed by atoms with Crippen LogP contribution in [0.5, 0.6) is 0 Å². The number of allylic oxidation sites excluding steroid dienone is 10. The lowest BCUT2D eigenvalue weighted by molar-refractivity contribution is 0.741. The second-order valence-electron chi connectivity index (χ2n) is 7.26. The molecule has 0 N–H and O–H groups in total. The number of hydrogen-bond donors (Lipinski definition) is 0. The Hall–Kier alpha value is -2.16. The van der Waals surface area contributed by atoms with Gasteiger partial charge in [0.25, 0.3) is 0 Å². The van der Waals surface area contributed by atoms with E-state index in [1.807, 2.05) is 0 Å². The van der Waals surface area contributed by atoms with Gasteiger partial charge in [0.2, 0.25) is 0 Å². The molecule has 4 aliphatic carbocycles. The van der Waals surface area contributed by atoms with Gasteiger partial charge >= 0.3 is 0 Å². The van der Waals surface area contributed by atoms with Crippen molar-refractivity contribution in [3.63, 3.8) is 0 Å². The number of hydrogen-bond acceptors (Lipinski definition) is 0. The standard InChI is InChI=1S/C25H14Br2/c26-23-14-20-18-9-4-2-7-16(18)13-22(20)25(24(23)27)11-5-10-19-17-8-3-1-6-15(17)12-21(19)25/h1-14H. The summed E-state index contributed by atoms with van der Waals surface area (Å²) < 4.78 is 2.27. The largest absolute Gasteiger partial charge is 0.0724 e. The van der Waals surface area contributed by atoms with E-state index in [1.165, 1.54) is 49.0 Å². The first-order valence-electron chi connectivity index (χ1n) is 9.01. The van der Waals surface area contributed by atoms with Crippen molar-refractivity contribution in [1.82, 2.24) is 0 Å². The van der Waals surface area contributed by atoms with Crippen molar-refractivity contribution in [2.45, 2.75) is 0 Å². The van der Waals surface area contributed by atoms with Crippen LogP contribution in [0.3, 0.4) is 0 Å². The van der Waals surface area contributed by atoms with Gasteiger partial charge < -0.3 is 0 Å². The quantitative estimate of drug-likeness (QED) is 0.371. The third-order valence-electron chi connectivity index (χ3n) is 5.97. The van der Waals surface area contributed by atoms with Gasteiger partial charge in [-0.15, -0.1) is 0 Å². The maximum absolute atomic E-state index is 3.96. The Morgan fingerprint density at radius 1 is 0.667 bits per heavy atom. The molecule has 1 spiro atoms. The number of fused-ring (bicyclic) bond motifs is 8. The Labute approximate surface area is 175 Å². The molecule has 0 amide bonds. The molecular formula is C25H14Br2. The summed E-state index contributed by atoms with van der Waals surface area (Å²) in [5, 5.41) is 0. The van der Waals surface area contributed by atoms with Gasteiger partial charge in [0.15, 0.2) is 0 Å². The summed E-state index contributed by atoms with van der Waals surface area (Å²) >= 11 is 7.80. The van der Waals surface area contributed by atoms with E-state index >= 15 is 0 Å².